The van der Waals surface area contributed by atoms with Crippen LogP contribution in [0.2, 0.25) is 0 Å². The molecule has 1 aromatic carbocycles. The van der Waals surface area contributed by atoms with Crippen LogP contribution >= 0.6 is 12.4 Å². The summed E-state index contributed by atoms with van der Waals surface area (Å²) < 4.78 is 49.2. The van der Waals surface area contributed by atoms with Crippen LogP contribution in [0, 0.1) is 0 Å². The number of rotatable bonds is 7. The summed E-state index contributed by atoms with van der Waals surface area (Å²) >= 11 is 0. The Hall–Kier alpha value is -1.78. The fourth-order valence-corrected chi connectivity index (χ4v) is 2.56. The Labute approximate surface area is 137 Å². The zero-order valence-corrected chi connectivity index (χ0v) is 13.4. The van der Waals surface area contributed by atoms with Crippen LogP contribution in [0.4, 0.5) is 8.78 Å². The third-order valence-corrected chi connectivity index (χ3v) is 4.27. The van der Waals surface area contributed by atoms with Crippen molar-refractivity contribution in [3.05, 3.63) is 29.8 Å². The summed E-state index contributed by atoms with van der Waals surface area (Å²) in [5, 5.41) is 1.99. The van der Waals surface area contributed by atoms with Gasteiger partial charge >= 0.3 is 0 Å². The van der Waals surface area contributed by atoms with Crippen molar-refractivity contribution in [2.24, 2.45) is 11.5 Å². The van der Waals surface area contributed by atoms with Gasteiger partial charge in [0.15, 0.2) is 9.84 Å². The van der Waals surface area contributed by atoms with Crippen molar-refractivity contribution in [1.29, 1.82) is 0 Å². The molecule has 0 bridgehead atoms. The molecule has 0 spiro atoms. The van der Waals surface area contributed by atoms with E-state index in [4.69, 9.17) is 11.5 Å². The van der Waals surface area contributed by atoms with E-state index in [1.165, 1.54) is 0 Å². The zero-order chi connectivity index (χ0) is 17.0. The topological polar surface area (TPSA) is 132 Å². The van der Waals surface area contributed by atoms with Crippen LogP contribution in [0.1, 0.15) is 10.4 Å². The molecule has 0 heterocycles. The number of nitrogens with two attached hydrogens (primary N) is 2. The quantitative estimate of drug-likeness (QED) is 0.604. The van der Waals surface area contributed by atoms with Crippen LogP contribution in [0.3, 0.4) is 0 Å². The van der Waals surface area contributed by atoms with Crippen LogP contribution < -0.4 is 16.8 Å². The molecule has 0 radical (unpaired) electrons. The number of carbonyl (C=O) groups excluding carboxylic acids is 2. The molecule has 5 N–H and O–H groups in total. The fraction of sp³-hybridized carbons (Fsp3) is 0.333. The number of halogens is 3. The van der Waals surface area contributed by atoms with Crippen molar-refractivity contribution in [1.82, 2.24) is 5.32 Å². The molecule has 11 heteroatoms. The van der Waals surface area contributed by atoms with Crippen molar-refractivity contribution >= 4 is 34.1 Å². The van der Waals surface area contributed by atoms with Gasteiger partial charge in [0.05, 0.1) is 18.0 Å². The molecule has 0 unspecified atom stereocenters. The van der Waals surface area contributed by atoms with E-state index in [9.17, 15) is 26.8 Å². The minimum absolute atomic E-state index is 0. The molecule has 7 nitrogen and oxygen atoms in total. The van der Waals surface area contributed by atoms with Gasteiger partial charge in [0, 0.05) is 5.56 Å². The van der Waals surface area contributed by atoms with Crippen molar-refractivity contribution in [3.8, 4) is 0 Å². The first-order chi connectivity index (χ1) is 10.1. The average Bonchev–Trinajstić information content (AvgIpc) is 2.43. The lowest BCUT2D eigenvalue weighted by molar-refractivity contribution is -0.115. The number of carbonyl (C=O) groups is 2. The zero-order valence-electron chi connectivity index (χ0n) is 11.8. The Morgan fingerprint density at radius 3 is 2.13 bits per heavy atom. The van der Waals surface area contributed by atoms with Crippen molar-refractivity contribution in [2.45, 2.75) is 10.8 Å². The minimum atomic E-state index is -3.88. The largest absolute Gasteiger partial charge is 0.369 e. The molecule has 23 heavy (non-hydrogen) atoms. The van der Waals surface area contributed by atoms with Crippen LogP contribution in [-0.2, 0) is 14.6 Å². The van der Waals surface area contributed by atoms with Gasteiger partial charge in [-0.1, -0.05) is 0 Å². The minimum Gasteiger partial charge on any atom is -0.369 e. The van der Waals surface area contributed by atoms with Crippen LogP contribution in [0.15, 0.2) is 29.2 Å². The molecule has 0 aliphatic carbocycles. The van der Waals surface area contributed by atoms with Crippen molar-refractivity contribution in [2.75, 3.05) is 18.8 Å². The number of amides is 2. The summed E-state index contributed by atoms with van der Waals surface area (Å²) in [6.07, 6.45) is 0. The van der Waals surface area contributed by atoms with E-state index in [0.717, 1.165) is 24.3 Å². The Morgan fingerprint density at radius 2 is 1.70 bits per heavy atom. The normalized spacial score (nSPS) is 11.4. The van der Waals surface area contributed by atoms with E-state index in [1.807, 2.05) is 5.32 Å². The Bertz CT molecular complexity index is 665. The summed E-state index contributed by atoms with van der Waals surface area (Å²) in [7, 11) is -3.88. The lowest BCUT2D eigenvalue weighted by atomic mass is 10.2. The second kappa shape index (κ2) is 8.18. The number of hydrogen-bond donors (Lipinski definition) is 3. The number of primary amides is 1. The molecule has 0 aliphatic heterocycles. The summed E-state index contributed by atoms with van der Waals surface area (Å²) in [5.74, 6) is -5.89. The van der Waals surface area contributed by atoms with Gasteiger partial charge in [-0.25, -0.2) is 17.2 Å². The van der Waals surface area contributed by atoms with Crippen LogP contribution in [0.5, 0.6) is 0 Å². The lowest BCUT2D eigenvalue weighted by Crippen LogP contribution is -2.41. The fourth-order valence-electron chi connectivity index (χ4n) is 1.47. The molecule has 0 aromatic heterocycles. The van der Waals surface area contributed by atoms with E-state index >= 15 is 0 Å². The number of nitrogens with one attached hydrogen (secondary N) is 1. The summed E-state index contributed by atoms with van der Waals surface area (Å²) in [4.78, 5) is 22.1. The Morgan fingerprint density at radius 1 is 1.17 bits per heavy atom. The predicted octanol–water partition coefficient (Wildman–Crippen LogP) is -0.309. The summed E-state index contributed by atoms with van der Waals surface area (Å²) in [6.45, 7) is -1.83. The molecular weight excluding hydrogens is 356 g/mol. The molecule has 130 valence electrons. The second-order valence-corrected chi connectivity index (χ2v) is 6.48. The molecule has 0 aliphatic rings. The Balaban J connectivity index is 0.00000484. The monoisotopic (exact) mass is 371 g/mol. The van der Waals surface area contributed by atoms with Gasteiger partial charge in [-0.15, -0.1) is 12.4 Å². The van der Waals surface area contributed by atoms with E-state index in [1.54, 1.807) is 0 Å². The highest BCUT2D eigenvalue weighted by atomic mass is 35.5. The van der Waals surface area contributed by atoms with Gasteiger partial charge in [0.1, 0.15) is 5.75 Å². The van der Waals surface area contributed by atoms with Gasteiger partial charge in [-0.3, -0.25) is 9.59 Å². The SMILES string of the molecule is Cl.NCC(F)(F)CNC(=O)c1ccc(S(=O)(=O)CC(N)=O)cc1. The van der Waals surface area contributed by atoms with Crippen LogP contribution in [0.25, 0.3) is 0 Å². The molecule has 1 rings (SSSR count). The number of alkyl halides is 2. The molecule has 0 saturated carbocycles. The Kier molecular flexibility index (Phi) is 7.55. The first-order valence-electron chi connectivity index (χ1n) is 6.04. The maximum Gasteiger partial charge on any atom is 0.277 e. The van der Waals surface area contributed by atoms with Crippen molar-refractivity contribution in [3.63, 3.8) is 0 Å². The van der Waals surface area contributed by atoms with E-state index in [2.05, 4.69) is 0 Å². The van der Waals surface area contributed by atoms with Gasteiger partial charge in [-0.2, -0.15) is 0 Å². The highest BCUT2D eigenvalue weighted by Crippen LogP contribution is 2.13. The standard InChI is InChI=1S/C12H15F2N3O4S.ClH/c13-12(14,6-15)7-17-11(19)8-1-3-9(4-2-8)22(20,21)5-10(16)18;/h1-4H,5-7,15H2,(H2,16,18)(H,17,19);1H. The first kappa shape index (κ1) is 21.2. The van der Waals surface area contributed by atoms with Gasteiger partial charge in [-0.05, 0) is 24.3 Å². The van der Waals surface area contributed by atoms with E-state index in [-0.39, 0.29) is 22.9 Å². The summed E-state index contributed by atoms with van der Waals surface area (Å²) in [5.41, 5.74) is 9.65. The smallest absolute Gasteiger partial charge is 0.277 e. The molecule has 0 saturated heterocycles. The number of hydrogen-bond acceptors (Lipinski definition) is 5. The molecular formula is C12H16ClF2N3O4S. The third kappa shape index (κ3) is 6.47. The van der Waals surface area contributed by atoms with E-state index in [0.29, 0.717) is 0 Å². The third-order valence-electron chi connectivity index (χ3n) is 2.61. The highest BCUT2D eigenvalue weighted by molar-refractivity contribution is 7.92. The van der Waals surface area contributed by atoms with E-state index < -0.39 is 46.4 Å². The average molecular weight is 372 g/mol. The maximum absolute atomic E-state index is 12.9. The maximum atomic E-state index is 12.9. The molecule has 2 amide bonds. The highest BCUT2D eigenvalue weighted by Gasteiger charge is 2.27. The first-order valence-corrected chi connectivity index (χ1v) is 7.70. The lowest BCUT2D eigenvalue weighted by Gasteiger charge is -2.14. The van der Waals surface area contributed by atoms with Gasteiger partial charge in [0.25, 0.3) is 11.8 Å². The van der Waals surface area contributed by atoms with Gasteiger partial charge in [0.2, 0.25) is 5.91 Å². The summed E-state index contributed by atoms with van der Waals surface area (Å²) in [6, 6.07) is 4.47. The molecule has 0 atom stereocenters. The number of sulfone groups is 1. The molecule has 1 aromatic rings. The predicted molar refractivity (Wildman–Crippen MR) is 81.3 cm³/mol. The molecule has 0 fully saturated rings. The second-order valence-electron chi connectivity index (χ2n) is 4.49. The van der Waals surface area contributed by atoms with Crippen LogP contribution in [-0.4, -0.2) is 45.0 Å². The number of benzene rings is 1. The van der Waals surface area contributed by atoms with Crippen molar-refractivity contribution < 1.29 is 26.8 Å². The van der Waals surface area contributed by atoms with Gasteiger partial charge < -0.3 is 16.8 Å².